The molecular formula is C36H38N4O11S. The molecule has 3 aromatic rings. The molecule has 0 bridgehead atoms. The van der Waals surface area contributed by atoms with Gasteiger partial charge < -0.3 is 39.1 Å². The van der Waals surface area contributed by atoms with E-state index < -0.39 is 28.7 Å². The van der Waals surface area contributed by atoms with Crippen molar-refractivity contribution in [2.45, 2.75) is 28.7 Å². The fourth-order valence-corrected chi connectivity index (χ4v) is 6.72. The highest BCUT2D eigenvalue weighted by atomic mass is 32.2. The number of nitrogens with one attached hydrogen (secondary N) is 2. The lowest BCUT2D eigenvalue weighted by Crippen LogP contribution is -2.51. The zero-order valence-electron chi connectivity index (χ0n) is 28.3. The zero-order chi connectivity index (χ0) is 36.5. The van der Waals surface area contributed by atoms with Gasteiger partial charge in [-0.15, -0.1) is 0 Å². The maximum atomic E-state index is 13.0. The molecule has 3 aliphatic heterocycles. The minimum Gasteiger partial charge on any atom is -0.491 e. The predicted molar refractivity (Wildman–Crippen MR) is 188 cm³/mol. The molecule has 1 unspecified atom stereocenters. The van der Waals surface area contributed by atoms with Gasteiger partial charge in [0, 0.05) is 27.6 Å². The first-order chi connectivity index (χ1) is 25.3. The van der Waals surface area contributed by atoms with Crippen LogP contribution in [0.1, 0.15) is 33.6 Å². The Morgan fingerprint density at radius 2 is 1.25 bits per heavy atom. The largest absolute Gasteiger partial charge is 0.491 e. The standard InChI is InChI=1S/C36H38N4O11S/c1-23-2-9-31(34(41)37-23)39-35(42)27-6-4-25(21-28(27)36(39)43)50-18-16-48-14-12-46-10-11-47-13-15-49-17-19-51-26-5-8-30-33(22-26)52-32-20-24(40(44)45)3-7-29(32)38-30/h3-8,20-22,31,38H,1-2,9-19H2,(H,37,41). The first-order valence-corrected chi connectivity index (χ1v) is 17.5. The van der Waals surface area contributed by atoms with Crippen molar-refractivity contribution >= 4 is 46.5 Å². The monoisotopic (exact) mass is 734 g/mol. The Kier molecular flexibility index (Phi) is 12.4. The number of allylic oxidation sites excluding steroid dienone is 1. The third-order valence-electron chi connectivity index (χ3n) is 8.25. The summed E-state index contributed by atoms with van der Waals surface area (Å²) < 4.78 is 33.7. The minimum atomic E-state index is -0.861. The van der Waals surface area contributed by atoms with Crippen LogP contribution in [0.15, 0.2) is 76.7 Å². The Bertz CT molecular complexity index is 1840. The highest BCUT2D eigenvalue weighted by Crippen LogP contribution is 2.46. The van der Waals surface area contributed by atoms with Gasteiger partial charge in [0.15, 0.2) is 0 Å². The van der Waals surface area contributed by atoms with E-state index in [2.05, 4.69) is 17.2 Å². The number of nitro groups is 1. The average Bonchev–Trinajstić information content (AvgIpc) is 3.38. The Balaban J connectivity index is 0.760. The van der Waals surface area contributed by atoms with E-state index in [0.29, 0.717) is 89.5 Å². The first-order valence-electron chi connectivity index (χ1n) is 16.7. The maximum Gasteiger partial charge on any atom is 0.270 e. The van der Waals surface area contributed by atoms with E-state index in [9.17, 15) is 24.5 Å². The number of non-ortho nitro benzene ring substituents is 1. The van der Waals surface area contributed by atoms with Crippen LogP contribution in [0, 0.1) is 10.1 Å². The van der Waals surface area contributed by atoms with Gasteiger partial charge in [0.1, 0.15) is 30.8 Å². The zero-order valence-corrected chi connectivity index (χ0v) is 29.1. The molecule has 2 N–H and O–H groups in total. The molecule has 52 heavy (non-hydrogen) atoms. The molecule has 3 aliphatic rings. The number of ether oxygens (including phenoxy) is 6. The van der Waals surface area contributed by atoms with Crippen molar-refractivity contribution in [3.8, 4) is 11.5 Å². The van der Waals surface area contributed by atoms with Crippen molar-refractivity contribution in [3.05, 3.63) is 88.1 Å². The number of anilines is 2. The van der Waals surface area contributed by atoms with Crippen LogP contribution in [0.25, 0.3) is 0 Å². The van der Waals surface area contributed by atoms with Gasteiger partial charge in [-0.05, 0) is 55.3 Å². The summed E-state index contributed by atoms with van der Waals surface area (Å²) in [4.78, 5) is 51.7. The second-order valence-electron chi connectivity index (χ2n) is 11.8. The number of carbonyl (C=O) groups excluding carboxylic acids is 3. The number of hydrogen-bond donors (Lipinski definition) is 2. The number of imide groups is 1. The van der Waals surface area contributed by atoms with Crippen LogP contribution < -0.4 is 20.1 Å². The average molecular weight is 735 g/mol. The molecule has 0 spiro atoms. The van der Waals surface area contributed by atoms with E-state index in [1.807, 2.05) is 18.2 Å². The highest BCUT2D eigenvalue weighted by Gasteiger charge is 2.44. The van der Waals surface area contributed by atoms with Crippen molar-refractivity contribution < 1.29 is 47.7 Å². The van der Waals surface area contributed by atoms with Gasteiger partial charge in [0.05, 0.1) is 80.3 Å². The summed E-state index contributed by atoms with van der Waals surface area (Å²) in [7, 11) is 0. The number of rotatable bonds is 19. The van der Waals surface area contributed by atoms with Gasteiger partial charge >= 0.3 is 0 Å². The van der Waals surface area contributed by atoms with Gasteiger partial charge in [-0.3, -0.25) is 29.4 Å². The normalized spacial score (nSPS) is 16.2. The van der Waals surface area contributed by atoms with E-state index in [1.165, 1.54) is 30.0 Å². The van der Waals surface area contributed by atoms with Crippen LogP contribution in [0.5, 0.6) is 11.5 Å². The van der Waals surface area contributed by atoms with Gasteiger partial charge in [-0.2, -0.15) is 0 Å². The van der Waals surface area contributed by atoms with Crippen LogP contribution in [-0.2, 0) is 23.7 Å². The molecule has 0 aromatic heterocycles. The topological polar surface area (TPSA) is 177 Å². The smallest absolute Gasteiger partial charge is 0.270 e. The number of amides is 3. The van der Waals surface area contributed by atoms with Crippen LogP contribution in [-0.4, -0.2) is 99.7 Å². The number of nitro benzene ring substituents is 1. The molecule has 1 fully saturated rings. The third-order valence-corrected chi connectivity index (χ3v) is 9.37. The summed E-state index contributed by atoms with van der Waals surface area (Å²) in [6.07, 6.45) is 0.841. The fourth-order valence-electron chi connectivity index (χ4n) is 5.67. The van der Waals surface area contributed by atoms with Gasteiger partial charge in [-0.25, -0.2) is 0 Å². The molecule has 0 aliphatic carbocycles. The lowest BCUT2D eigenvalue weighted by atomic mass is 10.0. The summed E-state index contributed by atoms with van der Waals surface area (Å²) in [5, 5.41) is 17.0. The number of carbonyl (C=O) groups is 3. The van der Waals surface area contributed by atoms with Crippen LogP contribution >= 0.6 is 11.8 Å². The number of fused-ring (bicyclic) bond motifs is 3. The maximum absolute atomic E-state index is 13.0. The molecule has 3 heterocycles. The van der Waals surface area contributed by atoms with Crippen molar-refractivity contribution in [1.82, 2.24) is 10.2 Å². The number of piperidine rings is 1. The second kappa shape index (κ2) is 17.5. The number of benzene rings is 3. The Hall–Kier alpha value is -5.00. The summed E-state index contributed by atoms with van der Waals surface area (Å²) in [5.74, 6) is -0.309. The van der Waals surface area contributed by atoms with E-state index in [4.69, 9.17) is 28.4 Å². The molecule has 1 saturated heterocycles. The lowest BCUT2D eigenvalue weighted by Gasteiger charge is -2.29. The summed E-state index contributed by atoms with van der Waals surface area (Å²) in [6, 6.07) is 14.2. The Morgan fingerprint density at radius 3 is 1.87 bits per heavy atom. The van der Waals surface area contributed by atoms with Crippen LogP contribution in [0.3, 0.4) is 0 Å². The van der Waals surface area contributed by atoms with Crippen LogP contribution in [0.4, 0.5) is 17.1 Å². The van der Waals surface area contributed by atoms with Crippen molar-refractivity contribution in [2.24, 2.45) is 0 Å². The highest BCUT2D eigenvalue weighted by molar-refractivity contribution is 7.99. The SMILES string of the molecule is C=C1CCC(N2C(=O)c3ccc(OCCOCCOCCOCCOCCOc4ccc5c(c4)Sc4cc([N+](=O)[O-])ccc4N5)cc3C2=O)C(=O)N1. The molecule has 3 aromatic carbocycles. The molecule has 0 saturated carbocycles. The molecular weight excluding hydrogens is 696 g/mol. The molecule has 16 heteroatoms. The minimum absolute atomic E-state index is 0.0488. The van der Waals surface area contributed by atoms with E-state index in [1.54, 1.807) is 18.2 Å². The first kappa shape index (κ1) is 36.8. The molecule has 1 atom stereocenters. The third kappa shape index (κ3) is 9.07. The summed E-state index contributed by atoms with van der Waals surface area (Å²) in [6.45, 7) is 7.41. The Morgan fingerprint density at radius 1 is 0.712 bits per heavy atom. The van der Waals surface area contributed by atoms with Crippen molar-refractivity contribution in [2.75, 3.05) is 71.4 Å². The second-order valence-corrected chi connectivity index (χ2v) is 12.9. The molecule has 6 rings (SSSR count). The van der Waals surface area contributed by atoms with E-state index in [-0.39, 0.29) is 23.4 Å². The molecule has 15 nitrogen and oxygen atoms in total. The Labute approximate surface area is 303 Å². The fraction of sp³-hybridized carbons (Fsp3) is 0.361. The van der Waals surface area contributed by atoms with E-state index >= 15 is 0 Å². The summed E-state index contributed by atoms with van der Waals surface area (Å²) >= 11 is 1.45. The van der Waals surface area contributed by atoms with Crippen molar-refractivity contribution in [1.29, 1.82) is 0 Å². The molecule has 274 valence electrons. The number of nitrogens with zero attached hydrogens (tertiary/aromatic N) is 2. The van der Waals surface area contributed by atoms with Gasteiger partial charge in [0.2, 0.25) is 5.91 Å². The molecule has 0 radical (unpaired) electrons. The lowest BCUT2D eigenvalue weighted by molar-refractivity contribution is -0.385. The van der Waals surface area contributed by atoms with Gasteiger partial charge in [0.25, 0.3) is 17.5 Å². The van der Waals surface area contributed by atoms with Crippen molar-refractivity contribution in [3.63, 3.8) is 0 Å². The predicted octanol–water partition coefficient (Wildman–Crippen LogP) is 4.72. The van der Waals surface area contributed by atoms with Crippen LogP contribution in [0.2, 0.25) is 0 Å². The van der Waals surface area contributed by atoms with E-state index in [0.717, 1.165) is 26.1 Å². The van der Waals surface area contributed by atoms with Gasteiger partial charge in [-0.1, -0.05) is 18.3 Å². The number of hydrogen-bond acceptors (Lipinski definition) is 13. The summed E-state index contributed by atoms with van der Waals surface area (Å²) in [5.41, 5.74) is 2.82. The molecule has 3 amide bonds. The quantitative estimate of drug-likeness (QED) is 0.0586.